The molecule has 1 aliphatic carbocycles. The second kappa shape index (κ2) is 8.52. The molecule has 0 radical (unpaired) electrons. The number of alkyl halides is 3. The minimum absolute atomic E-state index is 0.107. The highest BCUT2D eigenvalue weighted by molar-refractivity contribution is 7.90. The highest BCUT2D eigenvalue weighted by atomic mass is 32.2. The third kappa shape index (κ3) is 5.30. The van der Waals surface area contributed by atoms with E-state index >= 15 is 4.39 Å². The molecule has 1 fully saturated rings. The number of nitrogens with one attached hydrogen (secondary N) is 1. The van der Waals surface area contributed by atoms with Crippen molar-refractivity contribution in [2.24, 2.45) is 5.41 Å². The fourth-order valence-electron chi connectivity index (χ4n) is 3.61. The molecule has 1 N–H and O–H groups in total. The first-order valence-corrected chi connectivity index (χ1v) is 11.6. The van der Waals surface area contributed by atoms with E-state index in [-0.39, 0.29) is 22.9 Å². The van der Waals surface area contributed by atoms with Crippen molar-refractivity contribution in [2.45, 2.75) is 58.1 Å². The number of hydrogen-bond donors (Lipinski definition) is 1. The fourth-order valence-corrected chi connectivity index (χ4v) is 4.71. The number of fused-ring (bicyclic) bond motifs is 1. The van der Waals surface area contributed by atoms with E-state index < -0.39 is 46.1 Å². The highest BCUT2D eigenvalue weighted by Crippen LogP contribution is 2.37. The highest BCUT2D eigenvalue weighted by Gasteiger charge is 2.37. The van der Waals surface area contributed by atoms with Gasteiger partial charge in [0, 0.05) is 47.9 Å². The van der Waals surface area contributed by atoms with Crippen LogP contribution in [-0.2, 0) is 30.6 Å². The lowest BCUT2D eigenvalue weighted by molar-refractivity contribution is -0.140. The topological polar surface area (TPSA) is 65.8 Å². The molecule has 0 bridgehead atoms. The summed E-state index contributed by atoms with van der Waals surface area (Å²) < 4.78 is 86.2. The van der Waals surface area contributed by atoms with Gasteiger partial charge in [-0.15, -0.1) is 4.72 Å². The van der Waals surface area contributed by atoms with Gasteiger partial charge in [-0.1, -0.05) is 20.8 Å². The van der Waals surface area contributed by atoms with Crippen molar-refractivity contribution in [3.63, 3.8) is 0 Å². The van der Waals surface area contributed by atoms with Crippen LogP contribution < -0.4 is 4.72 Å². The molecule has 4 rings (SSSR count). The first-order chi connectivity index (χ1) is 15.3. The van der Waals surface area contributed by atoms with Gasteiger partial charge in [0.1, 0.15) is 28.2 Å². The van der Waals surface area contributed by atoms with Crippen LogP contribution >= 0.6 is 0 Å². The van der Waals surface area contributed by atoms with Gasteiger partial charge in [0.25, 0.3) is 0 Å². The summed E-state index contributed by atoms with van der Waals surface area (Å²) in [5.41, 5.74) is -2.15. The maximum Gasteiger partial charge on any atom is 0.434 e. The second-order valence-corrected chi connectivity index (χ2v) is 10.9. The van der Waals surface area contributed by atoms with Crippen molar-refractivity contribution in [3.05, 3.63) is 47.4 Å². The smallest absolute Gasteiger partial charge is 0.434 e. The maximum atomic E-state index is 15.1. The molecule has 1 aliphatic rings. The van der Waals surface area contributed by atoms with E-state index in [4.69, 9.17) is 0 Å². The number of aromatic nitrogens is 3. The number of halogens is 5. The minimum Gasteiger partial charge on any atom is -0.598 e. The Kier molecular flexibility index (Phi) is 6.17. The molecule has 5 nitrogen and oxygen atoms in total. The summed E-state index contributed by atoms with van der Waals surface area (Å²) >= 11 is -1.22. The molecule has 0 saturated heterocycles. The SMILES string of the molecule is CC(C)(C)Cn1cc(CN[S+]([O-])C2CC2)c2cc(F)c(-c3cc(F)cnc3C(F)(F)F)nc21. The molecular weight excluding hydrogens is 463 g/mol. The van der Waals surface area contributed by atoms with Crippen molar-refractivity contribution >= 4 is 22.4 Å². The Morgan fingerprint density at radius 3 is 2.48 bits per heavy atom. The first-order valence-electron chi connectivity index (χ1n) is 10.4. The fraction of sp³-hybridized carbons (Fsp3) is 0.455. The Bertz CT molecular complexity index is 1180. The summed E-state index contributed by atoms with van der Waals surface area (Å²) in [7, 11) is 0. The third-order valence-electron chi connectivity index (χ3n) is 5.14. The summed E-state index contributed by atoms with van der Waals surface area (Å²) in [5.74, 6) is -2.06. The Hall–Kier alpha value is -2.24. The predicted molar refractivity (Wildman–Crippen MR) is 115 cm³/mol. The Labute approximate surface area is 190 Å². The molecule has 3 heterocycles. The molecule has 1 unspecified atom stereocenters. The van der Waals surface area contributed by atoms with Crippen LogP contribution in [0.15, 0.2) is 24.5 Å². The normalized spacial score (nSPS) is 15.9. The van der Waals surface area contributed by atoms with Gasteiger partial charge in [0.15, 0.2) is 5.69 Å². The van der Waals surface area contributed by atoms with Gasteiger partial charge < -0.3 is 9.12 Å². The van der Waals surface area contributed by atoms with Crippen LogP contribution in [0.1, 0.15) is 44.9 Å². The molecule has 33 heavy (non-hydrogen) atoms. The van der Waals surface area contributed by atoms with E-state index in [9.17, 15) is 22.1 Å². The van der Waals surface area contributed by atoms with Crippen LogP contribution in [0.2, 0.25) is 0 Å². The van der Waals surface area contributed by atoms with Crippen molar-refractivity contribution in [2.75, 3.05) is 0 Å². The van der Waals surface area contributed by atoms with E-state index in [1.807, 2.05) is 20.8 Å². The molecular formula is C22H23F5N4OS. The lowest BCUT2D eigenvalue weighted by Gasteiger charge is -2.19. The molecule has 3 aromatic heterocycles. The molecule has 0 aliphatic heterocycles. The molecule has 11 heteroatoms. The summed E-state index contributed by atoms with van der Waals surface area (Å²) in [6.45, 7) is 6.55. The number of rotatable bonds is 6. The van der Waals surface area contributed by atoms with Crippen molar-refractivity contribution in [3.8, 4) is 11.3 Å². The van der Waals surface area contributed by atoms with Gasteiger partial charge in [-0.2, -0.15) is 13.2 Å². The lowest BCUT2D eigenvalue weighted by atomic mass is 9.97. The molecule has 3 aromatic rings. The minimum atomic E-state index is -4.92. The molecule has 1 saturated carbocycles. The zero-order valence-electron chi connectivity index (χ0n) is 18.3. The van der Waals surface area contributed by atoms with E-state index in [1.165, 1.54) is 0 Å². The zero-order chi connectivity index (χ0) is 24.1. The molecule has 0 spiro atoms. The van der Waals surface area contributed by atoms with Gasteiger partial charge in [-0.3, -0.25) is 0 Å². The molecule has 0 aromatic carbocycles. The summed E-state index contributed by atoms with van der Waals surface area (Å²) in [6.07, 6.45) is -0.976. The van der Waals surface area contributed by atoms with Crippen LogP contribution in [0.25, 0.3) is 22.3 Å². The average Bonchev–Trinajstić information content (AvgIpc) is 3.49. The number of hydrogen-bond acceptors (Lipinski definition) is 4. The van der Waals surface area contributed by atoms with E-state index in [0.717, 1.165) is 18.9 Å². The Morgan fingerprint density at radius 2 is 1.88 bits per heavy atom. The van der Waals surface area contributed by atoms with Crippen molar-refractivity contribution in [1.82, 2.24) is 19.3 Å². The molecule has 1 atom stereocenters. The van der Waals surface area contributed by atoms with Gasteiger partial charge in [-0.25, -0.2) is 18.7 Å². The van der Waals surface area contributed by atoms with E-state index in [1.54, 1.807) is 10.8 Å². The van der Waals surface area contributed by atoms with Gasteiger partial charge in [-0.05, 0) is 23.1 Å². The Balaban J connectivity index is 1.84. The zero-order valence-corrected chi connectivity index (χ0v) is 19.1. The van der Waals surface area contributed by atoms with Gasteiger partial charge in [0.2, 0.25) is 0 Å². The lowest BCUT2D eigenvalue weighted by Crippen LogP contribution is -2.26. The van der Waals surface area contributed by atoms with Crippen LogP contribution in [0.4, 0.5) is 22.0 Å². The number of pyridine rings is 2. The van der Waals surface area contributed by atoms with Crippen LogP contribution in [0.5, 0.6) is 0 Å². The standard InChI is InChI=1S/C22H23F5N4OS/c1-21(2,3)11-31-10-12(8-29-33(32)14-4-5-14)15-7-17(24)18(30-20(15)31)16-6-13(23)9-28-19(16)22(25,26)27/h6-7,9-10,14,29H,4-5,8,11H2,1-3H3. The summed E-state index contributed by atoms with van der Waals surface area (Å²) in [6, 6.07) is 1.68. The monoisotopic (exact) mass is 486 g/mol. The summed E-state index contributed by atoms with van der Waals surface area (Å²) in [4.78, 5) is 7.37. The average molecular weight is 487 g/mol. The quantitative estimate of drug-likeness (QED) is 0.377. The van der Waals surface area contributed by atoms with E-state index in [0.29, 0.717) is 29.8 Å². The predicted octanol–water partition coefficient (Wildman–Crippen LogP) is 5.36. The maximum absolute atomic E-state index is 15.1. The van der Waals surface area contributed by atoms with Gasteiger partial charge in [0.05, 0.1) is 12.7 Å². The largest absolute Gasteiger partial charge is 0.598 e. The van der Waals surface area contributed by atoms with Crippen molar-refractivity contribution < 1.29 is 26.5 Å². The van der Waals surface area contributed by atoms with Crippen molar-refractivity contribution in [1.29, 1.82) is 0 Å². The number of nitrogens with zero attached hydrogens (tertiary/aromatic N) is 3. The van der Waals surface area contributed by atoms with Gasteiger partial charge >= 0.3 is 6.18 Å². The first kappa shape index (κ1) is 23.9. The third-order valence-corrected chi connectivity index (χ3v) is 6.65. The molecule has 178 valence electrons. The van der Waals surface area contributed by atoms with Crippen LogP contribution in [0.3, 0.4) is 0 Å². The van der Waals surface area contributed by atoms with Crippen LogP contribution in [0, 0.1) is 17.0 Å². The second-order valence-electron chi connectivity index (χ2n) is 9.40. The van der Waals surface area contributed by atoms with Crippen LogP contribution in [-0.4, -0.2) is 24.3 Å². The summed E-state index contributed by atoms with van der Waals surface area (Å²) in [5, 5.41) is 0.495. The van der Waals surface area contributed by atoms with E-state index in [2.05, 4.69) is 14.7 Å². The molecule has 0 amide bonds. The Morgan fingerprint density at radius 1 is 1.18 bits per heavy atom.